The first-order chi connectivity index (χ1) is 13.5. The summed E-state index contributed by atoms with van der Waals surface area (Å²) in [5.74, 6) is 1.67. The Kier molecular flexibility index (Phi) is 6.16. The quantitative estimate of drug-likeness (QED) is 0.588. The fourth-order valence-corrected chi connectivity index (χ4v) is 2.93. The van der Waals surface area contributed by atoms with Crippen molar-refractivity contribution >= 4 is 23.3 Å². The Morgan fingerprint density at radius 3 is 2.50 bits per heavy atom. The van der Waals surface area contributed by atoms with Gasteiger partial charge in [-0.2, -0.15) is 0 Å². The lowest BCUT2D eigenvalue weighted by Gasteiger charge is -2.10. The SMILES string of the molecule is COc1ccc(C(C)=O)cc1CC(=O)NCc1ccc(-c2ccc(Cl)cc2)o1. The predicted octanol–water partition coefficient (Wildman–Crippen LogP) is 4.67. The van der Waals surface area contributed by atoms with Gasteiger partial charge in [0.1, 0.15) is 17.3 Å². The fourth-order valence-electron chi connectivity index (χ4n) is 2.80. The number of Topliss-reactive ketones (excluding diaryl/α,β-unsaturated/α-hetero) is 1. The maximum absolute atomic E-state index is 12.3. The van der Waals surface area contributed by atoms with Crippen LogP contribution in [0, 0.1) is 0 Å². The van der Waals surface area contributed by atoms with Crippen LogP contribution in [0.3, 0.4) is 0 Å². The number of hydrogen-bond acceptors (Lipinski definition) is 4. The van der Waals surface area contributed by atoms with Crippen LogP contribution in [-0.4, -0.2) is 18.8 Å². The van der Waals surface area contributed by atoms with E-state index in [0.29, 0.717) is 33.4 Å². The maximum Gasteiger partial charge on any atom is 0.224 e. The van der Waals surface area contributed by atoms with Gasteiger partial charge in [-0.05, 0) is 61.5 Å². The molecule has 0 spiro atoms. The van der Waals surface area contributed by atoms with Gasteiger partial charge in [0.15, 0.2) is 5.78 Å². The molecule has 3 aromatic rings. The Hall–Kier alpha value is -3.05. The molecule has 1 heterocycles. The van der Waals surface area contributed by atoms with E-state index in [0.717, 1.165) is 5.56 Å². The summed E-state index contributed by atoms with van der Waals surface area (Å²) in [6.45, 7) is 1.75. The molecule has 1 aromatic heterocycles. The molecule has 0 radical (unpaired) electrons. The van der Waals surface area contributed by atoms with Crippen LogP contribution in [0.5, 0.6) is 5.75 Å². The van der Waals surface area contributed by atoms with Crippen molar-refractivity contribution in [2.24, 2.45) is 0 Å². The van der Waals surface area contributed by atoms with Gasteiger partial charge in [0, 0.05) is 21.7 Å². The normalized spacial score (nSPS) is 10.5. The van der Waals surface area contributed by atoms with E-state index in [1.807, 2.05) is 24.3 Å². The first kappa shape index (κ1) is 19.7. The Bertz CT molecular complexity index is 992. The van der Waals surface area contributed by atoms with Gasteiger partial charge in [0.25, 0.3) is 0 Å². The van der Waals surface area contributed by atoms with Crippen molar-refractivity contribution < 1.29 is 18.7 Å². The highest BCUT2D eigenvalue weighted by Gasteiger charge is 2.12. The molecule has 0 unspecified atom stereocenters. The van der Waals surface area contributed by atoms with Gasteiger partial charge < -0.3 is 14.5 Å². The molecule has 28 heavy (non-hydrogen) atoms. The highest BCUT2D eigenvalue weighted by atomic mass is 35.5. The number of amides is 1. The Labute approximate surface area is 168 Å². The van der Waals surface area contributed by atoms with E-state index in [1.54, 1.807) is 30.3 Å². The first-order valence-corrected chi connectivity index (χ1v) is 9.13. The summed E-state index contributed by atoms with van der Waals surface area (Å²) in [6.07, 6.45) is 0.106. The van der Waals surface area contributed by atoms with E-state index >= 15 is 0 Å². The number of furan rings is 1. The van der Waals surface area contributed by atoms with Crippen LogP contribution in [0.1, 0.15) is 28.6 Å². The number of benzene rings is 2. The van der Waals surface area contributed by atoms with Gasteiger partial charge in [-0.1, -0.05) is 11.6 Å². The van der Waals surface area contributed by atoms with E-state index in [-0.39, 0.29) is 24.7 Å². The van der Waals surface area contributed by atoms with E-state index in [9.17, 15) is 9.59 Å². The summed E-state index contributed by atoms with van der Waals surface area (Å²) in [5, 5.41) is 3.49. The zero-order chi connectivity index (χ0) is 20.1. The van der Waals surface area contributed by atoms with Gasteiger partial charge in [-0.3, -0.25) is 9.59 Å². The van der Waals surface area contributed by atoms with Crippen LogP contribution in [-0.2, 0) is 17.8 Å². The second kappa shape index (κ2) is 8.76. The average Bonchev–Trinajstić information content (AvgIpc) is 3.16. The Morgan fingerprint density at radius 1 is 1.07 bits per heavy atom. The highest BCUT2D eigenvalue weighted by molar-refractivity contribution is 6.30. The third-order valence-electron chi connectivity index (χ3n) is 4.29. The molecular weight excluding hydrogens is 378 g/mol. The van der Waals surface area contributed by atoms with Gasteiger partial charge in [-0.25, -0.2) is 0 Å². The minimum absolute atomic E-state index is 0.0605. The topological polar surface area (TPSA) is 68.5 Å². The lowest BCUT2D eigenvalue weighted by atomic mass is 10.0. The number of ether oxygens (including phenoxy) is 1. The summed E-state index contributed by atoms with van der Waals surface area (Å²) < 4.78 is 11.1. The smallest absolute Gasteiger partial charge is 0.224 e. The molecule has 144 valence electrons. The third kappa shape index (κ3) is 4.81. The molecule has 2 aromatic carbocycles. The fraction of sp³-hybridized carbons (Fsp3) is 0.182. The van der Waals surface area contributed by atoms with E-state index in [1.165, 1.54) is 14.0 Å². The van der Waals surface area contributed by atoms with Crippen molar-refractivity contribution in [1.29, 1.82) is 0 Å². The summed E-state index contributed by atoms with van der Waals surface area (Å²) in [7, 11) is 1.53. The Balaban J connectivity index is 1.63. The van der Waals surface area contributed by atoms with Crippen LogP contribution in [0.2, 0.25) is 5.02 Å². The van der Waals surface area contributed by atoms with Crippen LogP contribution in [0.4, 0.5) is 0 Å². The number of nitrogens with one attached hydrogen (secondary N) is 1. The van der Waals surface area contributed by atoms with Gasteiger partial charge >= 0.3 is 0 Å². The van der Waals surface area contributed by atoms with Crippen molar-refractivity contribution in [3.8, 4) is 17.1 Å². The molecular formula is C22H20ClNO4. The zero-order valence-electron chi connectivity index (χ0n) is 15.6. The van der Waals surface area contributed by atoms with Crippen LogP contribution >= 0.6 is 11.6 Å². The molecule has 0 fully saturated rings. The molecule has 3 rings (SSSR count). The summed E-state index contributed by atoms with van der Waals surface area (Å²) in [5.41, 5.74) is 2.11. The standard InChI is InChI=1S/C22H20ClNO4/c1-14(25)16-5-9-20(27-2)17(11-16)12-22(26)24-13-19-8-10-21(28-19)15-3-6-18(23)7-4-15/h3-11H,12-13H2,1-2H3,(H,24,26). The summed E-state index contributed by atoms with van der Waals surface area (Å²) in [4.78, 5) is 23.9. The zero-order valence-corrected chi connectivity index (χ0v) is 16.4. The number of carbonyl (C=O) groups is 2. The van der Waals surface area contributed by atoms with Gasteiger partial charge in [0.05, 0.1) is 20.1 Å². The molecule has 5 nitrogen and oxygen atoms in total. The van der Waals surface area contributed by atoms with Crippen LogP contribution < -0.4 is 10.1 Å². The highest BCUT2D eigenvalue weighted by Crippen LogP contribution is 2.24. The summed E-state index contributed by atoms with van der Waals surface area (Å²) >= 11 is 5.90. The lowest BCUT2D eigenvalue weighted by molar-refractivity contribution is -0.120. The van der Waals surface area contributed by atoms with Crippen LogP contribution in [0.15, 0.2) is 59.0 Å². The summed E-state index contributed by atoms with van der Waals surface area (Å²) in [6, 6.07) is 16.1. The third-order valence-corrected chi connectivity index (χ3v) is 4.54. The molecule has 0 aliphatic rings. The molecule has 6 heteroatoms. The van der Waals surface area contributed by atoms with Crippen molar-refractivity contribution in [1.82, 2.24) is 5.32 Å². The van der Waals surface area contributed by atoms with Crippen molar-refractivity contribution in [2.75, 3.05) is 7.11 Å². The maximum atomic E-state index is 12.3. The van der Waals surface area contributed by atoms with Gasteiger partial charge in [0.2, 0.25) is 5.91 Å². The number of halogens is 1. The van der Waals surface area contributed by atoms with Crippen molar-refractivity contribution in [3.05, 3.63) is 76.5 Å². The molecule has 0 saturated heterocycles. The number of rotatable bonds is 7. The minimum Gasteiger partial charge on any atom is -0.496 e. The average molecular weight is 398 g/mol. The van der Waals surface area contributed by atoms with E-state index < -0.39 is 0 Å². The van der Waals surface area contributed by atoms with Crippen molar-refractivity contribution in [2.45, 2.75) is 19.9 Å². The largest absolute Gasteiger partial charge is 0.496 e. The van der Waals surface area contributed by atoms with Gasteiger partial charge in [-0.15, -0.1) is 0 Å². The molecule has 0 aliphatic carbocycles. The second-order valence-electron chi connectivity index (χ2n) is 6.31. The van der Waals surface area contributed by atoms with Crippen LogP contribution in [0.25, 0.3) is 11.3 Å². The number of ketones is 1. The molecule has 0 saturated carbocycles. The first-order valence-electron chi connectivity index (χ1n) is 8.75. The lowest BCUT2D eigenvalue weighted by Crippen LogP contribution is -2.24. The monoisotopic (exact) mass is 397 g/mol. The molecule has 1 amide bonds. The number of carbonyl (C=O) groups excluding carboxylic acids is 2. The van der Waals surface area contributed by atoms with E-state index in [2.05, 4.69) is 5.32 Å². The molecule has 0 bridgehead atoms. The second-order valence-corrected chi connectivity index (χ2v) is 6.75. The van der Waals surface area contributed by atoms with Crippen molar-refractivity contribution in [3.63, 3.8) is 0 Å². The molecule has 1 N–H and O–H groups in total. The number of hydrogen-bond donors (Lipinski definition) is 1. The predicted molar refractivity (Wildman–Crippen MR) is 108 cm³/mol. The Morgan fingerprint density at radius 2 is 1.82 bits per heavy atom. The van der Waals surface area contributed by atoms with E-state index in [4.69, 9.17) is 20.8 Å². The number of methoxy groups -OCH3 is 1. The molecule has 0 aliphatic heterocycles. The minimum atomic E-state index is -0.191. The molecule has 0 atom stereocenters.